The van der Waals surface area contributed by atoms with Gasteiger partial charge in [-0.3, -0.25) is 0 Å². The SMILES string of the molecule is CSC(C)NCCCOCCCCC(C)(C)C. The summed E-state index contributed by atoms with van der Waals surface area (Å²) >= 11 is 1.85. The second kappa shape index (κ2) is 10.2. The van der Waals surface area contributed by atoms with Gasteiger partial charge in [0.05, 0.1) is 5.37 Å². The van der Waals surface area contributed by atoms with E-state index in [0.29, 0.717) is 10.8 Å². The molecule has 0 rings (SSSR count). The van der Waals surface area contributed by atoms with E-state index in [1.807, 2.05) is 11.8 Å². The first-order chi connectivity index (χ1) is 7.95. The molecule has 0 amide bonds. The molecule has 1 N–H and O–H groups in total. The van der Waals surface area contributed by atoms with Gasteiger partial charge in [0.15, 0.2) is 0 Å². The van der Waals surface area contributed by atoms with Gasteiger partial charge in [-0.05, 0) is 44.4 Å². The van der Waals surface area contributed by atoms with Crippen LogP contribution < -0.4 is 5.32 Å². The maximum atomic E-state index is 5.62. The van der Waals surface area contributed by atoms with Gasteiger partial charge in [-0.15, -0.1) is 11.8 Å². The van der Waals surface area contributed by atoms with Crippen molar-refractivity contribution < 1.29 is 4.74 Å². The molecule has 0 aliphatic rings. The number of rotatable bonds is 10. The summed E-state index contributed by atoms with van der Waals surface area (Å²) in [6.07, 6.45) is 7.02. The minimum atomic E-state index is 0.470. The summed E-state index contributed by atoms with van der Waals surface area (Å²) in [4.78, 5) is 0. The van der Waals surface area contributed by atoms with Crippen LogP contribution in [0.2, 0.25) is 0 Å². The van der Waals surface area contributed by atoms with Crippen LogP contribution in [0.5, 0.6) is 0 Å². The van der Waals surface area contributed by atoms with Crippen LogP contribution in [0.4, 0.5) is 0 Å². The quantitative estimate of drug-likeness (QED) is 0.476. The first kappa shape index (κ1) is 17.3. The van der Waals surface area contributed by atoms with Crippen molar-refractivity contribution in [3.63, 3.8) is 0 Å². The van der Waals surface area contributed by atoms with Crippen molar-refractivity contribution in [3.8, 4) is 0 Å². The highest BCUT2D eigenvalue weighted by Gasteiger charge is 2.08. The number of ether oxygens (including phenoxy) is 1. The molecule has 0 aliphatic carbocycles. The molecule has 0 fully saturated rings. The summed E-state index contributed by atoms with van der Waals surface area (Å²) in [5.74, 6) is 0. The summed E-state index contributed by atoms with van der Waals surface area (Å²) in [5, 5.41) is 3.99. The van der Waals surface area contributed by atoms with Crippen LogP contribution in [0.1, 0.15) is 53.4 Å². The molecule has 3 heteroatoms. The lowest BCUT2D eigenvalue weighted by molar-refractivity contribution is 0.125. The summed E-state index contributed by atoms with van der Waals surface area (Å²) in [5.41, 5.74) is 0.470. The van der Waals surface area contributed by atoms with Gasteiger partial charge in [0, 0.05) is 13.2 Å². The lowest BCUT2D eigenvalue weighted by Gasteiger charge is -2.17. The van der Waals surface area contributed by atoms with E-state index in [2.05, 4.69) is 39.3 Å². The largest absolute Gasteiger partial charge is 0.381 e. The molecule has 104 valence electrons. The second-order valence-corrected chi connectivity index (χ2v) is 6.99. The minimum Gasteiger partial charge on any atom is -0.381 e. The highest BCUT2D eigenvalue weighted by atomic mass is 32.2. The summed E-state index contributed by atoms with van der Waals surface area (Å²) in [6, 6.07) is 0. The smallest absolute Gasteiger partial charge is 0.0500 e. The average Bonchev–Trinajstić information content (AvgIpc) is 2.25. The molecular weight excluding hydrogens is 230 g/mol. The van der Waals surface area contributed by atoms with E-state index in [9.17, 15) is 0 Å². The predicted octanol–water partition coefficient (Wildman–Crippen LogP) is 3.91. The first-order valence-corrected chi connectivity index (χ1v) is 8.08. The van der Waals surface area contributed by atoms with Gasteiger partial charge in [-0.25, -0.2) is 0 Å². The van der Waals surface area contributed by atoms with Crippen LogP contribution in [-0.2, 0) is 4.74 Å². The van der Waals surface area contributed by atoms with Crippen molar-refractivity contribution in [3.05, 3.63) is 0 Å². The van der Waals surface area contributed by atoms with E-state index in [1.165, 1.54) is 19.3 Å². The van der Waals surface area contributed by atoms with Gasteiger partial charge in [0.2, 0.25) is 0 Å². The molecule has 0 saturated carbocycles. The second-order valence-electron chi connectivity index (χ2n) is 5.82. The Labute approximate surface area is 112 Å². The molecule has 0 aromatic rings. The van der Waals surface area contributed by atoms with Gasteiger partial charge < -0.3 is 10.1 Å². The fraction of sp³-hybridized carbons (Fsp3) is 1.00. The van der Waals surface area contributed by atoms with E-state index in [0.717, 1.165) is 26.2 Å². The Morgan fingerprint density at radius 1 is 1.12 bits per heavy atom. The Bertz CT molecular complexity index is 168. The Balaban J connectivity index is 3.09. The summed E-state index contributed by atoms with van der Waals surface area (Å²) < 4.78 is 5.62. The molecule has 0 radical (unpaired) electrons. The molecule has 2 nitrogen and oxygen atoms in total. The van der Waals surface area contributed by atoms with E-state index in [4.69, 9.17) is 4.74 Å². The van der Waals surface area contributed by atoms with Gasteiger partial charge in [0.1, 0.15) is 0 Å². The average molecular weight is 261 g/mol. The van der Waals surface area contributed by atoms with Gasteiger partial charge in [-0.2, -0.15) is 0 Å². The van der Waals surface area contributed by atoms with Gasteiger partial charge in [0.25, 0.3) is 0 Å². The van der Waals surface area contributed by atoms with Crippen LogP contribution in [0.15, 0.2) is 0 Å². The molecule has 1 atom stereocenters. The Kier molecular flexibility index (Phi) is 10.4. The standard InChI is InChI=1S/C14H31NOS/c1-13(17-5)15-10-8-12-16-11-7-6-9-14(2,3)4/h13,15H,6-12H2,1-5H3. The van der Waals surface area contributed by atoms with E-state index < -0.39 is 0 Å². The number of unbranched alkanes of at least 4 members (excludes halogenated alkanes) is 1. The van der Waals surface area contributed by atoms with Crippen molar-refractivity contribution in [1.29, 1.82) is 0 Å². The summed E-state index contributed by atoms with van der Waals surface area (Å²) in [7, 11) is 0. The van der Waals surface area contributed by atoms with E-state index in [-0.39, 0.29) is 0 Å². The van der Waals surface area contributed by atoms with Gasteiger partial charge >= 0.3 is 0 Å². The van der Waals surface area contributed by atoms with Crippen LogP contribution >= 0.6 is 11.8 Å². The Hall–Kier alpha value is 0.270. The van der Waals surface area contributed by atoms with E-state index >= 15 is 0 Å². The molecule has 0 bridgehead atoms. The molecule has 0 saturated heterocycles. The molecule has 0 aromatic heterocycles. The molecule has 0 aromatic carbocycles. The highest BCUT2D eigenvalue weighted by molar-refractivity contribution is 7.99. The Morgan fingerprint density at radius 2 is 1.76 bits per heavy atom. The minimum absolute atomic E-state index is 0.470. The van der Waals surface area contributed by atoms with Crippen LogP contribution in [0.3, 0.4) is 0 Å². The molecule has 0 heterocycles. The third-order valence-corrected chi connectivity index (χ3v) is 3.59. The van der Waals surface area contributed by atoms with E-state index in [1.54, 1.807) is 0 Å². The number of hydrogen-bond acceptors (Lipinski definition) is 3. The maximum Gasteiger partial charge on any atom is 0.0500 e. The zero-order chi connectivity index (χ0) is 13.1. The van der Waals surface area contributed by atoms with Crippen molar-refractivity contribution in [2.24, 2.45) is 5.41 Å². The lowest BCUT2D eigenvalue weighted by Crippen LogP contribution is -2.24. The zero-order valence-corrected chi connectivity index (χ0v) is 13.2. The van der Waals surface area contributed by atoms with Gasteiger partial charge in [-0.1, -0.05) is 27.2 Å². The van der Waals surface area contributed by atoms with Crippen LogP contribution in [0, 0.1) is 5.41 Å². The van der Waals surface area contributed by atoms with Crippen molar-refractivity contribution >= 4 is 11.8 Å². The number of thioether (sulfide) groups is 1. The monoisotopic (exact) mass is 261 g/mol. The van der Waals surface area contributed by atoms with Crippen molar-refractivity contribution in [2.75, 3.05) is 26.0 Å². The molecule has 17 heavy (non-hydrogen) atoms. The lowest BCUT2D eigenvalue weighted by atomic mass is 9.90. The number of nitrogens with one attached hydrogen (secondary N) is 1. The van der Waals surface area contributed by atoms with Crippen molar-refractivity contribution in [1.82, 2.24) is 5.32 Å². The fourth-order valence-electron chi connectivity index (χ4n) is 1.52. The molecular formula is C14H31NOS. The molecule has 0 spiro atoms. The van der Waals surface area contributed by atoms with Crippen LogP contribution in [-0.4, -0.2) is 31.4 Å². The molecule has 1 unspecified atom stereocenters. The fourth-order valence-corrected chi connectivity index (χ4v) is 1.81. The molecule has 0 aliphatic heterocycles. The highest BCUT2D eigenvalue weighted by Crippen LogP contribution is 2.21. The summed E-state index contributed by atoms with van der Waals surface area (Å²) in [6.45, 7) is 12.0. The first-order valence-electron chi connectivity index (χ1n) is 6.79. The number of hydrogen-bond donors (Lipinski definition) is 1. The maximum absolute atomic E-state index is 5.62. The Morgan fingerprint density at radius 3 is 2.35 bits per heavy atom. The topological polar surface area (TPSA) is 21.3 Å². The van der Waals surface area contributed by atoms with Crippen LogP contribution in [0.25, 0.3) is 0 Å². The zero-order valence-electron chi connectivity index (χ0n) is 12.3. The third-order valence-electron chi connectivity index (χ3n) is 2.72. The van der Waals surface area contributed by atoms with Crippen molar-refractivity contribution in [2.45, 2.75) is 58.8 Å². The predicted molar refractivity (Wildman–Crippen MR) is 79.7 cm³/mol. The normalized spacial score (nSPS) is 13.9. The third kappa shape index (κ3) is 14.2.